The molecule has 0 atom stereocenters. The van der Waals surface area contributed by atoms with Gasteiger partial charge in [0.1, 0.15) is 0 Å². The molecule has 0 aliphatic carbocycles. The van der Waals surface area contributed by atoms with Gasteiger partial charge in [-0.05, 0) is 89.7 Å². The van der Waals surface area contributed by atoms with Crippen molar-refractivity contribution in [2.24, 2.45) is 0 Å². The lowest BCUT2D eigenvalue weighted by Gasteiger charge is -2.20. The second-order valence-corrected chi connectivity index (χ2v) is 8.40. The summed E-state index contributed by atoms with van der Waals surface area (Å²) in [6.45, 7) is 6.46. The minimum absolute atomic E-state index is 0.218. The number of rotatable bonds is 6. The number of amides is 2. The van der Waals surface area contributed by atoms with E-state index in [0.717, 1.165) is 45.2 Å². The summed E-state index contributed by atoms with van der Waals surface area (Å²) in [6.07, 6.45) is 1.80. The number of anilines is 1. The molecule has 27 heavy (non-hydrogen) atoms. The molecule has 4 nitrogen and oxygen atoms in total. The molecule has 140 valence electrons. The summed E-state index contributed by atoms with van der Waals surface area (Å²) in [5.41, 5.74) is 3.03. The average molecular weight is 492 g/mol. The number of carbonyl (C=O) groups is 2. The van der Waals surface area contributed by atoms with Crippen molar-refractivity contribution in [3.8, 4) is 0 Å². The van der Waals surface area contributed by atoms with Gasteiger partial charge in [0, 0.05) is 22.3 Å². The molecular formula is C21H21IN2O2S. The largest absolute Gasteiger partial charge is 0.372 e. The number of hydrogen-bond donors (Lipinski definition) is 0. The zero-order valence-corrected chi connectivity index (χ0v) is 18.3. The molecule has 1 heterocycles. The van der Waals surface area contributed by atoms with Gasteiger partial charge in [-0.3, -0.25) is 14.5 Å². The van der Waals surface area contributed by atoms with Crippen LogP contribution in [0.15, 0.2) is 53.4 Å². The van der Waals surface area contributed by atoms with Gasteiger partial charge in [-0.15, -0.1) is 0 Å². The van der Waals surface area contributed by atoms with Gasteiger partial charge >= 0.3 is 0 Å². The van der Waals surface area contributed by atoms with E-state index in [2.05, 4.69) is 53.5 Å². The first-order valence-corrected chi connectivity index (χ1v) is 10.8. The highest BCUT2D eigenvalue weighted by molar-refractivity contribution is 14.1. The van der Waals surface area contributed by atoms with Crippen LogP contribution < -0.4 is 4.90 Å². The molecule has 6 heteroatoms. The second kappa shape index (κ2) is 8.93. The summed E-state index contributed by atoms with van der Waals surface area (Å²) >= 11 is 3.24. The van der Waals surface area contributed by atoms with Crippen molar-refractivity contribution in [1.29, 1.82) is 0 Å². The number of imide groups is 1. The fraction of sp³-hybridized carbons (Fsp3) is 0.238. The molecule has 2 aromatic carbocycles. The van der Waals surface area contributed by atoms with Crippen LogP contribution in [0.3, 0.4) is 0 Å². The van der Waals surface area contributed by atoms with Crippen LogP contribution in [-0.2, 0) is 11.3 Å². The Hall–Kier alpha value is -1.80. The Kier molecular flexibility index (Phi) is 6.59. The van der Waals surface area contributed by atoms with Crippen LogP contribution in [0.2, 0.25) is 0 Å². The maximum absolute atomic E-state index is 12.7. The fourth-order valence-corrected chi connectivity index (χ4v) is 4.13. The van der Waals surface area contributed by atoms with E-state index in [1.807, 2.05) is 36.4 Å². The first-order chi connectivity index (χ1) is 13.0. The summed E-state index contributed by atoms with van der Waals surface area (Å²) in [7, 11) is 0. The minimum Gasteiger partial charge on any atom is -0.372 e. The van der Waals surface area contributed by atoms with Crippen LogP contribution in [-0.4, -0.2) is 29.1 Å². The van der Waals surface area contributed by atoms with E-state index in [0.29, 0.717) is 11.4 Å². The number of nitrogens with zero attached hydrogens (tertiary/aromatic N) is 2. The lowest BCUT2D eigenvalue weighted by molar-refractivity contribution is -0.123. The van der Waals surface area contributed by atoms with E-state index in [1.165, 1.54) is 4.90 Å². The Bertz CT molecular complexity index is 859. The maximum atomic E-state index is 12.7. The van der Waals surface area contributed by atoms with Crippen molar-refractivity contribution >= 4 is 57.3 Å². The summed E-state index contributed by atoms with van der Waals surface area (Å²) in [4.78, 5) is 29.0. The van der Waals surface area contributed by atoms with Gasteiger partial charge in [-0.2, -0.15) is 0 Å². The zero-order chi connectivity index (χ0) is 19.4. The predicted molar refractivity (Wildman–Crippen MR) is 121 cm³/mol. The molecule has 0 aromatic heterocycles. The smallest absolute Gasteiger partial charge is 0.293 e. The highest BCUT2D eigenvalue weighted by atomic mass is 127. The molecule has 1 aliphatic rings. The van der Waals surface area contributed by atoms with Crippen LogP contribution in [0.5, 0.6) is 0 Å². The Morgan fingerprint density at radius 1 is 1.00 bits per heavy atom. The van der Waals surface area contributed by atoms with Gasteiger partial charge in [0.15, 0.2) is 0 Å². The van der Waals surface area contributed by atoms with E-state index in [1.54, 1.807) is 6.08 Å². The Balaban J connectivity index is 1.74. The van der Waals surface area contributed by atoms with Gasteiger partial charge in [-0.25, -0.2) is 0 Å². The van der Waals surface area contributed by atoms with Crippen molar-refractivity contribution in [2.75, 3.05) is 18.0 Å². The number of thioether (sulfide) groups is 1. The van der Waals surface area contributed by atoms with Gasteiger partial charge in [-0.1, -0.05) is 24.3 Å². The van der Waals surface area contributed by atoms with Crippen molar-refractivity contribution in [1.82, 2.24) is 4.90 Å². The van der Waals surface area contributed by atoms with E-state index < -0.39 is 0 Å². The average Bonchev–Trinajstić information content (AvgIpc) is 2.93. The molecule has 2 aromatic rings. The highest BCUT2D eigenvalue weighted by Crippen LogP contribution is 2.33. The lowest BCUT2D eigenvalue weighted by atomic mass is 10.1. The number of benzene rings is 2. The molecule has 0 saturated carbocycles. The third-order valence-electron chi connectivity index (χ3n) is 4.45. The van der Waals surface area contributed by atoms with Crippen LogP contribution in [0, 0.1) is 3.57 Å². The van der Waals surface area contributed by atoms with Crippen molar-refractivity contribution in [3.63, 3.8) is 0 Å². The summed E-state index contributed by atoms with van der Waals surface area (Å²) in [5.74, 6) is -0.226. The normalized spacial score (nSPS) is 15.7. The molecule has 0 radical (unpaired) electrons. The lowest BCUT2D eigenvalue weighted by Crippen LogP contribution is -2.27. The van der Waals surface area contributed by atoms with Crippen LogP contribution in [0.1, 0.15) is 25.0 Å². The topological polar surface area (TPSA) is 40.6 Å². The molecule has 1 fully saturated rings. The Morgan fingerprint density at radius 2 is 1.63 bits per heavy atom. The van der Waals surface area contributed by atoms with E-state index in [-0.39, 0.29) is 11.1 Å². The molecule has 0 bridgehead atoms. The zero-order valence-electron chi connectivity index (χ0n) is 15.3. The monoisotopic (exact) mass is 492 g/mol. The highest BCUT2D eigenvalue weighted by Gasteiger charge is 2.34. The molecule has 0 N–H and O–H groups in total. The number of carbonyl (C=O) groups excluding carboxylic acids is 2. The van der Waals surface area contributed by atoms with Crippen LogP contribution >= 0.6 is 34.4 Å². The predicted octanol–water partition coefficient (Wildman–Crippen LogP) is 5.37. The van der Waals surface area contributed by atoms with E-state index >= 15 is 0 Å². The molecular weight excluding hydrogens is 471 g/mol. The summed E-state index contributed by atoms with van der Waals surface area (Å²) < 4.78 is 1.12. The van der Waals surface area contributed by atoms with E-state index in [4.69, 9.17) is 0 Å². The third-order valence-corrected chi connectivity index (χ3v) is 6.07. The van der Waals surface area contributed by atoms with Crippen molar-refractivity contribution < 1.29 is 9.59 Å². The molecule has 3 rings (SSSR count). The quantitative estimate of drug-likeness (QED) is 0.402. The van der Waals surface area contributed by atoms with Crippen LogP contribution in [0.25, 0.3) is 6.08 Å². The van der Waals surface area contributed by atoms with E-state index in [9.17, 15) is 9.59 Å². The first-order valence-electron chi connectivity index (χ1n) is 8.86. The number of halogens is 1. The van der Waals surface area contributed by atoms with Crippen molar-refractivity contribution in [2.45, 2.75) is 20.4 Å². The fourth-order valence-electron chi connectivity index (χ4n) is 2.93. The maximum Gasteiger partial charge on any atom is 0.293 e. The van der Waals surface area contributed by atoms with Gasteiger partial charge in [0.05, 0.1) is 11.4 Å². The van der Waals surface area contributed by atoms with Crippen molar-refractivity contribution in [3.05, 3.63) is 68.1 Å². The molecule has 0 unspecified atom stereocenters. The second-order valence-electron chi connectivity index (χ2n) is 6.16. The Morgan fingerprint density at radius 3 is 2.22 bits per heavy atom. The molecule has 1 saturated heterocycles. The standard InChI is InChI=1S/C21H21IN2O2S/c1-3-23(4-2)18-11-7-15(8-12-18)13-19-20(25)24(21(26)27-19)14-16-5-9-17(22)10-6-16/h5-13H,3-4,14H2,1-2H3/b19-13+. The molecule has 1 aliphatic heterocycles. The Labute approximate surface area is 177 Å². The van der Waals surface area contributed by atoms with Gasteiger partial charge in [0.25, 0.3) is 11.1 Å². The first kappa shape index (κ1) is 19.9. The minimum atomic E-state index is -0.226. The summed E-state index contributed by atoms with van der Waals surface area (Å²) in [6, 6.07) is 15.9. The molecule has 2 amide bonds. The van der Waals surface area contributed by atoms with Gasteiger partial charge < -0.3 is 4.90 Å². The molecule has 0 spiro atoms. The SMILES string of the molecule is CCN(CC)c1ccc(/C=C2/SC(=O)N(Cc3ccc(I)cc3)C2=O)cc1. The number of hydrogen-bond acceptors (Lipinski definition) is 4. The third kappa shape index (κ3) is 4.73. The van der Waals surface area contributed by atoms with Crippen LogP contribution in [0.4, 0.5) is 10.5 Å². The van der Waals surface area contributed by atoms with Gasteiger partial charge in [0.2, 0.25) is 0 Å². The summed E-state index contributed by atoms with van der Waals surface area (Å²) in [5, 5.41) is -0.218.